The zero-order chi connectivity index (χ0) is 14.8. The average molecular weight is 303 g/mol. The first-order chi connectivity index (χ1) is 10.1. The van der Waals surface area contributed by atoms with Crippen molar-refractivity contribution >= 4 is 23.6 Å². The normalized spacial score (nSPS) is 20.9. The Morgan fingerprint density at radius 1 is 1.38 bits per heavy atom. The van der Waals surface area contributed by atoms with Crippen molar-refractivity contribution in [3.05, 3.63) is 40.8 Å². The van der Waals surface area contributed by atoms with Crippen LogP contribution in [-0.2, 0) is 14.3 Å². The molecule has 0 N–H and O–H groups in total. The molecule has 0 aromatic heterocycles. The molecule has 3 rings (SSSR count). The second kappa shape index (κ2) is 5.93. The maximum atomic E-state index is 11.9. The Hall–Kier alpha value is -1.75. The molecular weight excluding hydrogens is 286 g/mol. The Bertz CT molecular complexity index is 597. The Kier molecular flexibility index (Phi) is 4.01. The van der Waals surface area contributed by atoms with Gasteiger partial charge in [-0.3, -0.25) is 9.59 Å². The largest absolute Gasteiger partial charge is 0.461 e. The molecule has 21 heavy (non-hydrogen) atoms. The molecule has 2 aliphatic heterocycles. The van der Waals surface area contributed by atoms with Crippen molar-refractivity contribution < 1.29 is 14.3 Å². The number of hydrogen-bond acceptors (Lipinski definition) is 4. The number of rotatable bonds is 4. The first-order valence-corrected chi connectivity index (χ1v) is 7.84. The lowest BCUT2D eigenvalue weighted by Crippen LogP contribution is -2.30. The van der Waals surface area contributed by atoms with E-state index in [1.54, 1.807) is 11.8 Å². The molecule has 0 radical (unpaired) electrons. The van der Waals surface area contributed by atoms with E-state index in [4.69, 9.17) is 4.74 Å². The van der Waals surface area contributed by atoms with Gasteiger partial charge in [-0.2, -0.15) is 0 Å². The number of nitrogens with zero attached hydrogens (tertiary/aromatic N) is 1. The summed E-state index contributed by atoms with van der Waals surface area (Å²) in [5, 5.41) is 0. The van der Waals surface area contributed by atoms with Gasteiger partial charge in [-0.1, -0.05) is 30.0 Å². The summed E-state index contributed by atoms with van der Waals surface area (Å²) in [6, 6.07) is 10.2. The van der Waals surface area contributed by atoms with E-state index < -0.39 is 0 Å². The number of hydrogen-bond donors (Lipinski definition) is 0. The summed E-state index contributed by atoms with van der Waals surface area (Å²) < 4.78 is 5.19. The molecule has 1 atom stereocenters. The van der Waals surface area contributed by atoms with Gasteiger partial charge in [-0.15, -0.1) is 0 Å². The van der Waals surface area contributed by atoms with Gasteiger partial charge in [0.25, 0.3) is 0 Å². The molecule has 110 valence electrons. The molecule has 5 heteroatoms. The lowest BCUT2D eigenvalue weighted by molar-refractivity contribution is -0.140. The number of fused-ring (bicyclic) bond motifs is 1. The smallest absolute Gasteiger partial charge is 0.302 e. The van der Waals surface area contributed by atoms with Crippen LogP contribution in [0, 0.1) is 0 Å². The summed E-state index contributed by atoms with van der Waals surface area (Å²) in [6.07, 6.45) is 1.42. The van der Waals surface area contributed by atoms with Crippen LogP contribution < -0.4 is 0 Å². The van der Waals surface area contributed by atoms with Crippen LogP contribution in [0.15, 0.2) is 45.7 Å². The number of carbonyl (C=O) groups is 2. The highest BCUT2D eigenvalue weighted by Gasteiger charge is 2.40. The van der Waals surface area contributed by atoms with Crippen LogP contribution in [0.2, 0.25) is 0 Å². The van der Waals surface area contributed by atoms with Gasteiger partial charge in [0.2, 0.25) is 5.91 Å². The maximum Gasteiger partial charge on any atom is 0.302 e. The lowest BCUT2D eigenvalue weighted by Gasteiger charge is -2.17. The molecule has 2 aliphatic rings. The van der Waals surface area contributed by atoms with E-state index >= 15 is 0 Å². The van der Waals surface area contributed by atoms with Crippen molar-refractivity contribution in [3.8, 4) is 0 Å². The molecule has 0 unspecified atom stereocenters. The van der Waals surface area contributed by atoms with Gasteiger partial charge >= 0.3 is 5.97 Å². The highest BCUT2D eigenvalue weighted by Crippen LogP contribution is 2.41. The number of amides is 1. The first kappa shape index (κ1) is 14.2. The fourth-order valence-corrected chi connectivity index (χ4v) is 3.93. The zero-order valence-electron chi connectivity index (χ0n) is 11.9. The van der Waals surface area contributed by atoms with Gasteiger partial charge in [-0.05, 0) is 18.6 Å². The molecule has 1 aromatic rings. The van der Waals surface area contributed by atoms with E-state index in [2.05, 4.69) is 0 Å². The van der Waals surface area contributed by atoms with Crippen molar-refractivity contribution in [2.75, 3.05) is 13.2 Å². The highest BCUT2D eigenvalue weighted by atomic mass is 32.2. The molecule has 1 amide bonds. The zero-order valence-corrected chi connectivity index (χ0v) is 12.7. The fraction of sp³-hybridized carbons (Fsp3) is 0.375. The van der Waals surface area contributed by atoms with Crippen LogP contribution in [0.5, 0.6) is 0 Å². The highest BCUT2D eigenvalue weighted by molar-refractivity contribution is 8.03. The van der Waals surface area contributed by atoms with E-state index in [9.17, 15) is 9.59 Å². The summed E-state index contributed by atoms with van der Waals surface area (Å²) in [5.74, 6) is -0.0849. The quantitative estimate of drug-likeness (QED) is 0.802. The number of carbonyl (C=O) groups excluding carboxylic acids is 2. The summed E-state index contributed by atoms with van der Waals surface area (Å²) in [6.45, 7) is 2.34. The van der Waals surface area contributed by atoms with E-state index in [0.29, 0.717) is 19.6 Å². The minimum Gasteiger partial charge on any atom is -0.461 e. The fourth-order valence-electron chi connectivity index (χ4n) is 2.82. The molecule has 0 saturated carbocycles. The Balaban J connectivity index is 1.83. The van der Waals surface area contributed by atoms with Crippen LogP contribution in [0.4, 0.5) is 0 Å². The van der Waals surface area contributed by atoms with Gasteiger partial charge in [-0.25, -0.2) is 0 Å². The molecule has 4 nitrogen and oxygen atoms in total. The van der Waals surface area contributed by atoms with Crippen molar-refractivity contribution in [2.45, 2.75) is 30.7 Å². The monoisotopic (exact) mass is 303 g/mol. The topological polar surface area (TPSA) is 46.6 Å². The van der Waals surface area contributed by atoms with Crippen LogP contribution in [0.3, 0.4) is 0 Å². The van der Waals surface area contributed by atoms with E-state index in [-0.39, 0.29) is 17.9 Å². The van der Waals surface area contributed by atoms with Gasteiger partial charge in [0.1, 0.15) is 6.61 Å². The average Bonchev–Trinajstić information content (AvgIpc) is 2.98. The second-order valence-corrected chi connectivity index (χ2v) is 6.39. The summed E-state index contributed by atoms with van der Waals surface area (Å²) in [4.78, 5) is 27.2. The summed E-state index contributed by atoms with van der Waals surface area (Å²) in [5.41, 5.74) is 1.09. The molecule has 1 fully saturated rings. The number of ether oxygens (including phenoxy) is 1. The third-order valence-electron chi connectivity index (χ3n) is 3.82. The minimum absolute atomic E-state index is 0.114. The van der Waals surface area contributed by atoms with Gasteiger partial charge in [0.05, 0.1) is 12.6 Å². The minimum atomic E-state index is -0.283. The van der Waals surface area contributed by atoms with Gasteiger partial charge in [0, 0.05) is 28.7 Å². The number of esters is 1. The van der Waals surface area contributed by atoms with Crippen LogP contribution >= 0.6 is 11.8 Å². The van der Waals surface area contributed by atoms with Crippen molar-refractivity contribution in [2.24, 2.45) is 0 Å². The Morgan fingerprint density at radius 3 is 2.86 bits per heavy atom. The summed E-state index contributed by atoms with van der Waals surface area (Å²) >= 11 is 1.66. The predicted molar refractivity (Wildman–Crippen MR) is 80.7 cm³/mol. The number of benzene rings is 1. The van der Waals surface area contributed by atoms with E-state index in [1.165, 1.54) is 6.92 Å². The molecule has 0 aliphatic carbocycles. The molecule has 0 spiro atoms. The third kappa shape index (κ3) is 2.97. The van der Waals surface area contributed by atoms with Crippen LogP contribution in [0.1, 0.15) is 19.8 Å². The van der Waals surface area contributed by atoms with Gasteiger partial charge < -0.3 is 9.64 Å². The van der Waals surface area contributed by atoms with E-state index in [1.807, 2.05) is 35.2 Å². The summed E-state index contributed by atoms with van der Waals surface area (Å²) in [7, 11) is 0. The first-order valence-electron chi connectivity index (χ1n) is 7.03. The molecule has 1 saturated heterocycles. The molecule has 2 heterocycles. The van der Waals surface area contributed by atoms with Crippen LogP contribution in [-0.4, -0.2) is 36.0 Å². The SMILES string of the molecule is CC(=O)OCC1=C(Sc2ccccc2)CN2C(=O)CC[C@@H]12. The van der Waals surface area contributed by atoms with Crippen molar-refractivity contribution in [1.29, 1.82) is 0 Å². The second-order valence-electron chi connectivity index (χ2n) is 5.22. The van der Waals surface area contributed by atoms with Gasteiger partial charge in [0.15, 0.2) is 0 Å². The van der Waals surface area contributed by atoms with E-state index in [0.717, 1.165) is 21.8 Å². The Morgan fingerprint density at radius 2 is 2.14 bits per heavy atom. The molecule has 1 aromatic carbocycles. The van der Waals surface area contributed by atoms with Crippen molar-refractivity contribution in [1.82, 2.24) is 4.90 Å². The molecule has 0 bridgehead atoms. The Labute approximate surface area is 128 Å². The maximum absolute atomic E-state index is 11.9. The van der Waals surface area contributed by atoms with Crippen molar-refractivity contribution in [3.63, 3.8) is 0 Å². The number of thioether (sulfide) groups is 1. The third-order valence-corrected chi connectivity index (χ3v) is 4.96. The lowest BCUT2D eigenvalue weighted by atomic mass is 10.1. The standard InChI is InChI=1S/C16H17NO3S/c1-11(18)20-10-13-14-7-8-16(19)17(14)9-15(13)21-12-5-3-2-4-6-12/h2-6,14H,7-10H2,1H3/t14-/m0/s1. The predicted octanol–water partition coefficient (Wildman–Crippen LogP) is 2.60. The van der Waals surface area contributed by atoms with Crippen LogP contribution in [0.25, 0.3) is 0 Å². The molecular formula is C16H17NO3S.